The van der Waals surface area contributed by atoms with Gasteiger partial charge in [0.1, 0.15) is 5.75 Å². The lowest BCUT2D eigenvalue weighted by molar-refractivity contribution is -0.121. The lowest BCUT2D eigenvalue weighted by Gasteiger charge is -2.15. The number of benzene rings is 2. The Bertz CT molecular complexity index is 680. The number of nitrogens with two attached hydrogens (primary N) is 1. The first-order chi connectivity index (χ1) is 10.1. The molecule has 5 heteroatoms. The number of rotatable bonds is 3. The van der Waals surface area contributed by atoms with E-state index >= 15 is 0 Å². The van der Waals surface area contributed by atoms with Crippen LogP contribution in [0.25, 0.3) is 0 Å². The van der Waals surface area contributed by atoms with E-state index in [1.165, 1.54) is 5.01 Å². The quantitative estimate of drug-likeness (QED) is 0.936. The van der Waals surface area contributed by atoms with Gasteiger partial charge in [-0.1, -0.05) is 35.9 Å². The van der Waals surface area contributed by atoms with Gasteiger partial charge in [-0.3, -0.25) is 4.79 Å². The zero-order chi connectivity index (χ0) is 14.8. The molecule has 21 heavy (non-hydrogen) atoms. The predicted octanol–water partition coefficient (Wildman–Crippen LogP) is 2.06. The Labute approximate surface area is 122 Å². The van der Waals surface area contributed by atoms with Crippen LogP contribution in [0.1, 0.15) is 5.56 Å². The Morgan fingerprint density at radius 3 is 2.43 bits per heavy atom. The lowest BCUT2D eigenvalue weighted by atomic mass is 10.2. The van der Waals surface area contributed by atoms with Crippen molar-refractivity contribution in [3.05, 3.63) is 60.2 Å². The monoisotopic (exact) mass is 281 g/mol. The smallest absolute Gasteiger partial charge is 0.296 e. The van der Waals surface area contributed by atoms with Gasteiger partial charge in [0.05, 0.1) is 5.69 Å². The molecular weight excluding hydrogens is 266 g/mol. The molecule has 1 unspecified atom stereocenters. The summed E-state index contributed by atoms with van der Waals surface area (Å²) in [7, 11) is 0. The number of hydrogen-bond donors (Lipinski definition) is 1. The summed E-state index contributed by atoms with van der Waals surface area (Å²) in [6, 6.07) is 16.6. The fourth-order valence-corrected chi connectivity index (χ4v) is 2.07. The normalized spacial score (nSPS) is 17.8. The number of nitrogens with zero attached hydrogens (tertiary/aromatic N) is 2. The summed E-state index contributed by atoms with van der Waals surface area (Å²) >= 11 is 0. The van der Waals surface area contributed by atoms with Crippen LogP contribution >= 0.6 is 0 Å². The molecule has 3 rings (SSSR count). The van der Waals surface area contributed by atoms with Crippen molar-refractivity contribution >= 4 is 17.4 Å². The van der Waals surface area contributed by atoms with Crippen LogP contribution < -0.4 is 15.5 Å². The highest BCUT2D eigenvalue weighted by molar-refractivity contribution is 6.16. The standard InChI is InChI=1S/C16H15N3O2/c1-11-7-9-13(10-8-11)21-14-15(17)18-19(16(14)20)12-5-3-2-4-6-12/h2-10,14H,1H3,(H2,17,18). The first kappa shape index (κ1) is 13.2. The number of para-hydroxylation sites is 1. The van der Waals surface area contributed by atoms with Crippen LogP contribution in [-0.2, 0) is 4.79 Å². The van der Waals surface area contributed by atoms with Gasteiger partial charge in [-0.15, -0.1) is 5.10 Å². The van der Waals surface area contributed by atoms with Crippen LogP contribution in [0.2, 0.25) is 0 Å². The molecule has 0 radical (unpaired) electrons. The van der Waals surface area contributed by atoms with Crippen molar-refractivity contribution in [2.45, 2.75) is 13.0 Å². The largest absolute Gasteiger partial charge is 0.472 e. The van der Waals surface area contributed by atoms with Gasteiger partial charge >= 0.3 is 0 Å². The number of hydrazone groups is 1. The summed E-state index contributed by atoms with van der Waals surface area (Å²) < 4.78 is 5.66. The number of amides is 1. The van der Waals surface area contributed by atoms with Gasteiger partial charge in [-0.05, 0) is 31.2 Å². The third kappa shape index (κ3) is 2.58. The third-order valence-electron chi connectivity index (χ3n) is 3.19. The van der Waals surface area contributed by atoms with Crippen LogP contribution in [0.4, 0.5) is 5.69 Å². The molecule has 0 fully saturated rings. The summed E-state index contributed by atoms with van der Waals surface area (Å²) in [5, 5.41) is 5.36. The molecule has 0 bridgehead atoms. The Balaban J connectivity index is 1.81. The molecule has 1 aliphatic heterocycles. The van der Waals surface area contributed by atoms with Crippen LogP contribution in [0, 0.1) is 6.92 Å². The molecule has 0 spiro atoms. The third-order valence-corrected chi connectivity index (χ3v) is 3.19. The maximum atomic E-state index is 12.4. The number of anilines is 1. The second kappa shape index (κ2) is 5.28. The fraction of sp³-hybridized carbons (Fsp3) is 0.125. The van der Waals surface area contributed by atoms with Crippen LogP contribution in [0.5, 0.6) is 5.75 Å². The van der Waals surface area contributed by atoms with E-state index in [9.17, 15) is 4.79 Å². The van der Waals surface area contributed by atoms with E-state index in [0.717, 1.165) is 5.56 Å². The molecule has 1 atom stereocenters. The van der Waals surface area contributed by atoms with Crippen LogP contribution in [0.15, 0.2) is 59.7 Å². The summed E-state index contributed by atoms with van der Waals surface area (Å²) in [4.78, 5) is 12.4. The van der Waals surface area contributed by atoms with Gasteiger partial charge in [-0.2, -0.15) is 5.01 Å². The summed E-state index contributed by atoms with van der Waals surface area (Å²) in [6.45, 7) is 1.98. The second-order valence-electron chi connectivity index (χ2n) is 4.82. The number of carbonyl (C=O) groups excluding carboxylic acids is 1. The zero-order valence-corrected chi connectivity index (χ0v) is 11.6. The van der Waals surface area contributed by atoms with Crippen molar-refractivity contribution in [3.8, 4) is 5.75 Å². The second-order valence-corrected chi connectivity index (χ2v) is 4.82. The van der Waals surface area contributed by atoms with E-state index in [2.05, 4.69) is 5.10 Å². The van der Waals surface area contributed by atoms with Crippen molar-refractivity contribution in [2.75, 3.05) is 5.01 Å². The predicted molar refractivity (Wildman–Crippen MR) is 81.1 cm³/mol. The molecule has 1 aliphatic rings. The molecule has 5 nitrogen and oxygen atoms in total. The molecule has 2 aromatic carbocycles. The van der Waals surface area contributed by atoms with Crippen molar-refractivity contribution in [3.63, 3.8) is 0 Å². The van der Waals surface area contributed by atoms with Crippen LogP contribution in [-0.4, -0.2) is 17.8 Å². The highest BCUT2D eigenvalue weighted by Gasteiger charge is 2.37. The Kier molecular flexibility index (Phi) is 3.31. The summed E-state index contributed by atoms with van der Waals surface area (Å²) in [5.74, 6) is 0.454. The average molecular weight is 281 g/mol. The zero-order valence-electron chi connectivity index (χ0n) is 11.6. The Hall–Kier alpha value is -2.82. The van der Waals surface area contributed by atoms with E-state index in [4.69, 9.17) is 10.5 Å². The van der Waals surface area contributed by atoms with Crippen LogP contribution in [0.3, 0.4) is 0 Å². The molecule has 2 N–H and O–H groups in total. The van der Waals surface area contributed by atoms with Gasteiger partial charge in [0.15, 0.2) is 5.84 Å². The first-order valence-corrected chi connectivity index (χ1v) is 6.61. The van der Waals surface area contributed by atoms with E-state index in [0.29, 0.717) is 11.4 Å². The van der Waals surface area contributed by atoms with Gasteiger partial charge in [0.2, 0.25) is 6.10 Å². The number of aryl methyl sites for hydroxylation is 1. The van der Waals surface area contributed by atoms with Crippen molar-refractivity contribution in [1.29, 1.82) is 0 Å². The Morgan fingerprint density at radius 2 is 1.76 bits per heavy atom. The van der Waals surface area contributed by atoms with Gasteiger partial charge in [0.25, 0.3) is 5.91 Å². The number of amidine groups is 1. The SMILES string of the molecule is Cc1ccc(OC2C(=O)N(c3ccccc3)N=C2N)cc1. The molecule has 106 valence electrons. The van der Waals surface area contributed by atoms with E-state index in [-0.39, 0.29) is 11.7 Å². The first-order valence-electron chi connectivity index (χ1n) is 6.61. The molecular formula is C16H15N3O2. The number of carbonyl (C=O) groups is 1. The topological polar surface area (TPSA) is 67.9 Å². The molecule has 0 aliphatic carbocycles. The maximum absolute atomic E-state index is 12.4. The van der Waals surface area contributed by atoms with Gasteiger partial charge in [-0.25, -0.2) is 0 Å². The average Bonchev–Trinajstić information content (AvgIpc) is 2.78. The Morgan fingerprint density at radius 1 is 1.10 bits per heavy atom. The van der Waals surface area contributed by atoms with Crippen molar-refractivity contribution < 1.29 is 9.53 Å². The maximum Gasteiger partial charge on any atom is 0.296 e. The van der Waals surface area contributed by atoms with Gasteiger partial charge in [0, 0.05) is 0 Å². The summed E-state index contributed by atoms with van der Waals surface area (Å²) in [6.07, 6.45) is -0.882. The highest BCUT2D eigenvalue weighted by atomic mass is 16.5. The fourth-order valence-electron chi connectivity index (χ4n) is 2.07. The molecule has 1 heterocycles. The van der Waals surface area contributed by atoms with E-state index < -0.39 is 6.10 Å². The number of ether oxygens (including phenoxy) is 1. The minimum Gasteiger partial charge on any atom is -0.472 e. The summed E-state index contributed by atoms with van der Waals surface area (Å²) in [5.41, 5.74) is 7.62. The minimum atomic E-state index is -0.882. The van der Waals surface area contributed by atoms with Crippen molar-refractivity contribution in [2.24, 2.45) is 10.8 Å². The molecule has 0 saturated carbocycles. The van der Waals surface area contributed by atoms with Gasteiger partial charge < -0.3 is 10.5 Å². The molecule has 2 aromatic rings. The lowest BCUT2D eigenvalue weighted by Crippen LogP contribution is -2.39. The molecule has 0 aromatic heterocycles. The molecule has 1 amide bonds. The van der Waals surface area contributed by atoms with E-state index in [1.54, 1.807) is 24.3 Å². The van der Waals surface area contributed by atoms with E-state index in [1.807, 2.05) is 37.3 Å². The number of hydrogen-bond acceptors (Lipinski definition) is 4. The highest BCUT2D eigenvalue weighted by Crippen LogP contribution is 2.22. The minimum absolute atomic E-state index is 0.157. The van der Waals surface area contributed by atoms with Crippen molar-refractivity contribution in [1.82, 2.24) is 0 Å². The molecule has 0 saturated heterocycles.